The number of nitrogens with zero attached hydrogens (tertiary/aromatic N) is 3. The van der Waals surface area contributed by atoms with Crippen molar-refractivity contribution >= 4 is 5.82 Å². The Bertz CT molecular complexity index is 435. The summed E-state index contributed by atoms with van der Waals surface area (Å²) in [5.41, 5.74) is -0.738. The van der Waals surface area contributed by atoms with Crippen molar-refractivity contribution < 1.29 is 5.11 Å². The number of hydrogen-bond acceptors (Lipinski definition) is 4. The van der Waals surface area contributed by atoms with E-state index in [0.29, 0.717) is 18.9 Å². The first-order chi connectivity index (χ1) is 7.56. The van der Waals surface area contributed by atoms with E-state index in [9.17, 15) is 9.90 Å². The van der Waals surface area contributed by atoms with E-state index < -0.39 is 5.60 Å². The Morgan fingerprint density at radius 2 is 2.25 bits per heavy atom. The molecule has 2 rings (SSSR count). The van der Waals surface area contributed by atoms with Crippen LogP contribution in [-0.2, 0) is 7.05 Å². The van der Waals surface area contributed by atoms with Gasteiger partial charge < -0.3 is 14.6 Å². The molecule has 0 unspecified atom stereocenters. The summed E-state index contributed by atoms with van der Waals surface area (Å²) in [4.78, 5) is 17.6. The number of aliphatic hydroxyl groups is 1. The Balaban J connectivity index is 2.13. The molecule has 1 saturated heterocycles. The van der Waals surface area contributed by atoms with Crippen LogP contribution in [0.25, 0.3) is 0 Å². The van der Waals surface area contributed by atoms with E-state index in [1.165, 1.54) is 4.57 Å². The second kappa shape index (κ2) is 3.90. The van der Waals surface area contributed by atoms with Gasteiger partial charge in [0.05, 0.1) is 18.7 Å². The number of β-amino-alcohol motifs (C(OH)–C–C–N with tert-alkyl or cyclic N) is 1. The molecule has 1 N–H and O–H groups in total. The average molecular weight is 223 g/mol. The molecule has 0 atom stereocenters. The molecule has 2 heterocycles. The lowest BCUT2D eigenvalue weighted by atomic mass is 9.89. The number of aryl methyl sites for hydroxylation is 1. The third kappa shape index (κ3) is 1.82. The molecule has 0 radical (unpaired) electrons. The van der Waals surface area contributed by atoms with E-state index in [1.807, 2.05) is 11.8 Å². The molecule has 0 bridgehead atoms. The van der Waals surface area contributed by atoms with E-state index in [4.69, 9.17) is 0 Å². The maximum Gasteiger partial charge on any atom is 0.293 e. The van der Waals surface area contributed by atoms with Crippen LogP contribution < -0.4 is 10.5 Å². The minimum Gasteiger partial charge on any atom is -0.386 e. The molecule has 0 aromatic carbocycles. The first kappa shape index (κ1) is 11.1. The number of anilines is 1. The summed E-state index contributed by atoms with van der Waals surface area (Å²) < 4.78 is 1.50. The van der Waals surface area contributed by atoms with Gasteiger partial charge in [-0.2, -0.15) is 0 Å². The molecule has 0 saturated carbocycles. The molecule has 16 heavy (non-hydrogen) atoms. The maximum atomic E-state index is 11.7. The molecule has 0 spiro atoms. The van der Waals surface area contributed by atoms with Gasteiger partial charge in [-0.1, -0.05) is 13.3 Å². The van der Waals surface area contributed by atoms with Crippen LogP contribution in [0.3, 0.4) is 0 Å². The second-order valence-corrected chi connectivity index (χ2v) is 4.50. The summed E-state index contributed by atoms with van der Waals surface area (Å²) in [5.74, 6) is 0.436. The predicted octanol–water partition coefficient (Wildman–Crippen LogP) is 0.132. The van der Waals surface area contributed by atoms with Crippen molar-refractivity contribution in [2.75, 3.05) is 18.0 Å². The highest BCUT2D eigenvalue weighted by atomic mass is 16.3. The lowest BCUT2D eigenvalue weighted by Crippen LogP contribution is -2.63. The van der Waals surface area contributed by atoms with E-state index >= 15 is 0 Å². The zero-order valence-electron chi connectivity index (χ0n) is 9.68. The van der Waals surface area contributed by atoms with Gasteiger partial charge in [-0.25, -0.2) is 4.98 Å². The van der Waals surface area contributed by atoms with Gasteiger partial charge in [0, 0.05) is 19.4 Å². The van der Waals surface area contributed by atoms with Crippen molar-refractivity contribution in [2.45, 2.75) is 25.4 Å². The molecule has 1 fully saturated rings. The third-order valence-corrected chi connectivity index (χ3v) is 2.98. The Morgan fingerprint density at radius 1 is 1.56 bits per heavy atom. The second-order valence-electron chi connectivity index (χ2n) is 4.50. The summed E-state index contributed by atoms with van der Waals surface area (Å²) in [6.45, 7) is 3.06. The Labute approximate surface area is 94.3 Å². The van der Waals surface area contributed by atoms with E-state index in [2.05, 4.69) is 4.98 Å². The lowest BCUT2D eigenvalue weighted by molar-refractivity contribution is 0.00275. The molecule has 1 aliphatic heterocycles. The fraction of sp³-hybridized carbons (Fsp3) is 0.636. The molecule has 88 valence electrons. The van der Waals surface area contributed by atoms with Gasteiger partial charge in [-0.15, -0.1) is 0 Å². The summed E-state index contributed by atoms with van der Waals surface area (Å²) in [7, 11) is 1.70. The largest absolute Gasteiger partial charge is 0.386 e. The molecule has 0 aliphatic carbocycles. The molecule has 0 amide bonds. The van der Waals surface area contributed by atoms with Gasteiger partial charge in [0.25, 0.3) is 5.56 Å². The first-order valence-electron chi connectivity index (χ1n) is 5.55. The fourth-order valence-electron chi connectivity index (χ4n) is 2.14. The van der Waals surface area contributed by atoms with Crippen LogP contribution in [0.4, 0.5) is 5.82 Å². The van der Waals surface area contributed by atoms with Crippen molar-refractivity contribution in [2.24, 2.45) is 7.05 Å². The van der Waals surface area contributed by atoms with Crippen molar-refractivity contribution in [3.05, 3.63) is 22.7 Å². The molecular weight excluding hydrogens is 206 g/mol. The summed E-state index contributed by atoms with van der Waals surface area (Å²) >= 11 is 0. The monoisotopic (exact) mass is 223 g/mol. The van der Waals surface area contributed by atoms with E-state index in [0.717, 1.165) is 12.8 Å². The summed E-state index contributed by atoms with van der Waals surface area (Å²) in [6.07, 6.45) is 4.96. The molecule has 5 nitrogen and oxygen atoms in total. The highest BCUT2D eigenvalue weighted by Crippen LogP contribution is 2.27. The molecular formula is C11H17N3O2. The quantitative estimate of drug-likeness (QED) is 0.791. The third-order valence-electron chi connectivity index (χ3n) is 2.98. The van der Waals surface area contributed by atoms with Crippen LogP contribution in [0.2, 0.25) is 0 Å². The lowest BCUT2D eigenvalue weighted by Gasteiger charge is -2.46. The molecule has 1 aliphatic rings. The van der Waals surface area contributed by atoms with Crippen LogP contribution >= 0.6 is 0 Å². The van der Waals surface area contributed by atoms with E-state index in [-0.39, 0.29) is 5.56 Å². The van der Waals surface area contributed by atoms with Gasteiger partial charge in [-0.05, 0) is 6.42 Å². The minimum atomic E-state index is -0.628. The normalized spacial score (nSPS) is 18.3. The van der Waals surface area contributed by atoms with Crippen molar-refractivity contribution in [3.63, 3.8) is 0 Å². The summed E-state index contributed by atoms with van der Waals surface area (Å²) in [5, 5.41) is 10.0. The van der Waals surface area contributed by atoms with Gasteiger partial charge >= 0.3 is 0 Å². The van der Waals surface area contributed by atoms with E-state index in [1.54, 1.807) is 19.4 Å². The molecule has 1 aromatic heterocycles. The van der Waals surface area contributed by atoms with Gasteiger partial charge in [-0.3, -0.25) is 4.79 Å². The molecule has 1 aromatic rings. The van der Waals surface area contributed by atoms with Gasteiger partial charge in [0.2, 0.25) is 0 Å². The Kier molecular flexibility index (Phi) is 2.71. The topological polar surface area (TPSA) is 58.4 Å². The minimum absolute atomic E-state index is 0.110. The molecule has 5 heteroatoms. The highest BCUT2D eigenvalue weighted by Gasteiger charge is 2.41. The van der Waals surface area contributed by atoms with Crippen LogP contribution in [0.5, 0.6) is 0 Å². The standard InChI is InChI=1S/C11H17N3O2/c1-3-4-11(16)7-14(8-11)9-10(15)13(2)6-5-12-9/h5-6,16H,3-4,7-8H2,1-2H3. The van der Waals surface area contributed by atoms with Crippen LogP contribution in [0.1, 0.15) is 19.8 Å². The van der Waals surface area contributed by atoms with Gasteiger partial charge in [0.15, 0.2) is 5.82 Å². The number of rotatable bonds is 3. The zero-order chi connectivity index (χ0) is 11.8. The van der Waals surface area contributed by atoms with Crippen LogP contribution in [-0.4, -0.2) is 33.3 Å². The first-order valence-corrected chi connectivity index (χ1v) is 5.55. The zero-order valence-corrected chi connectivity index (χ0v) is 9.68. The van der Waals surface area contributed by atoms with Gasteiger partial charge in [0.1, 0.15) is 0 Å². The van der Waals surface area contributed by atoms with Crippen LogP contribution in [0, 0.1) is 0 Å². The number of hydrogen-bond donors (Lipinski definition) is 1. The Hall–Kier alpha value is -1.36. The SMILES string of the molecule is CCCC1(O)CN(c2nccn(C)c2=O)C1. The average Bonchev–Trinajstić information content (AvgIpc) is 2.19. The highest BCUT2D eigenvalue weighted by molar-refractivity contribution is 5.41. The predicted molar refractivity (Wildman–Crippen MR) is 61.5 cm³/mol. The smallest absolute Gasteiger partial charge is 0.293 e. The van der Waals surface area contributed by atoms with Crippen molar-refractivity contribution in [3.8, 4) is 0 Å². The Morgan fingerprint density at radius 3 is 2.88 bits per heavy atom. The number of aromatic nitrogens is 2. The van der Waals surface area contributed by atoms with Crippen LogP contribution in [0.15, 0.2) is 17.2 Å². The van der Waals surface area contributed by atoms with Crippen molar-refractivity contribution in [1.82, 2.24) is 9.55 Å². The van der Waals surface area contributed by atoms with Crippen molar-refractivity contribution in [1.29, 1.82) is 0 Å². The fourth-order valence-corrected chi connectivity index (χ4v) is 2.14. The maximum absolute atomic E-state index is 11.7. The summed E-state index contributed by atoms with van der Waals surface area (Å²) in [6, 6.07) is 0.